The first-order valence-corrected chi connectivity index (χ1v) is 11.5. The number of nitriles is 1. The summed E-state index contributed by atoms with van der Waals surface area (Å²) in [5.74, 6) is 0.0198. The van der Waals surface area contributed by atoms with Gasteiger partial charge in [0, 0.05) is 41.9 Å². The molecule has 1 saturated heterocycles. The first-order chi connectivity index (χ1) is 15.3. The summed E-state index contributed by atoms with van der Waals surface area (Å²) < 4.78 is 21.9. The number of hydrogen-bond donors (Lipinski definition) is 1. The quantitative estimate of drug-likeness (QED) is 0.606. The molecule has 1 fully saturated rings. The summed E-state index contributed by atoms with van der Waals surface area (Å²) in [6, 6.07) is 5.33. The van der Waals surface area contributed by atoms with Crippen molar-refractivity contribution >= 4 is 17.7 Å². The molecule has 1 aromatic heterocycles. The van der Waals surface area contributed by atoms with Crippen molar-refractivity contribution in [2.45, 2.75) is 45.6 Å². The van der Waals surface area contributed by atoms with E-state index in [4.69, 9.17) is 10.00 Å². The van der Waals surface area contributed by atoms with E-state index in [1.54, 1.807) is 19.2 Å². The standard InChI is InChI=1S/C22H25FN4O4S/c1-14-13-27(19-6-3-15(2)31-19)22(30)26(21(14)29)8-10-32-9-7-25-20(28)16-4-5-18(23)17(11-16)12-24/h4-5,11,13,15,19H,3,6-10H2,1-2H3,(H,25,28)/t15-,19-/m1/s1. The Kier molecular flexibility index (Phi) is 7.88. The van der Waals surface area contributed by atoms with Crippen LogP contribution in [-0.4, -0.2) is 39.2 Å². The smallest absolute Gasteiger partial charge is 0.333 e. The van der Waals surface area contributed by atoms with Gasteiger partial charge in [-0.15, -0.1) is 0 Å². The van der Waals surface area contributed by atoms with Crippen LogP contribution in [0.2, 0.25) is 0 Å². The predicted molar refractivity (Wildman–Crippen MR) is 119 cm³/mol. The van der Waals surface area contributed by atoms with Crippen molar-refractivity contribution in [3.63, 3.8) is 0 Å². The van der Waals surface area contributed by atoms with Crippen molar-refractivity contribution < 1.29 is 13.9 Å². The Hall–Kier alpha value is -2.90. The molecule has 2 aromatic rings. The van der Waals surface area contributed by atoms with Crippen molar-refractivity contribution in [3.8, 4) is 6.07 Å². The van der Waals surface area contributed by atoms with Crippen LogP contribution in [0.15, 0.2) is 34.0 Å². The van der Waals surface area contributed by atoms with Crippen LogP contribution < -0.4 is 16.6 Å². The molecule has 2 heterocycles. The van der Waals surface area contributed by atoms with Crippen LogP contribution in [0, 0.1) is 24.1 Å². The molecule has 0 spiro atoms. The van der Waals surface area contributed by atoms with E-state index >= 15 is 0 Å². The largest absolute Gasteiger partial charge is 0.355 e. The minimum absolute atomic E-state index is 0.0831. The van der Waals surface area contributed by atoms with Gasteiger partial charge in [0.25, 0.3) is 11.5 Å². The third kappa shape index (κ3) is 5.47. The average molecular weight is 461 g/mol. The van der Waals surface area contributed by atoms with Crippen LogP contribution in [0.25, 0.3) is 0 Å². The molecule has 0 saturated carbocycles. The zero-order valence-electron chi connectivity index (χ0n) is 18.0. The fourth-order valence-corrected chi connectivity index (χ4v) is 4.26. The third-order valence-corrected chi connectivity index (χ3v) is 6.19. The van der Waals surface area contributed by atoms with Crippen molar-refractivity contribution in [2.24, 2.45) is 0 Å². The minimum Gasteiger partial charge on any atom is -0.355 e. The first-order valence-electron chi connectivity index (χ1n) is 10.4. The number of nitrogens with one attached hydrogen (secondary N) is 1. The van der Waals surface area contributed by atoms with Gasteiger partial charge in [-0.05, 0) is 44.9 Å². The average Bonchev–Trinajstić information content (AvgIpc) is 3.21. The SMILES string of the molecule is Cc1cn([C@H]2CC[C@@H](C)O2)c(=O)n(CCSCCNC(=O)c2ccc(F)c(C#N)c2)c1=O. The predicted octanol–water partition coefficient (Wildman–Crippen LogP) is 2.19. The lowest BCUT2D eigenvalue weighted by atomic mass is 10.1. The minimum atomic E-state index is -0.668. The lowest BCUT2D eigenvalue weighted by Gasteiger charge is -2.17. The van der Waals surface area contributed by atoms with Gasteiger partial charge in [0.1, 0.15) is 18.1 Å². The van der Waals surface area contributed by atoms with Gasteiger partial charge in [0.05, 0.1) is 11.7 Å². The van der Waals surface area contributed by atoms with E-state index in [1.165, 1.54) is 33.0 Å². The molecule has 170 valence electrons. The van der Waals surface area contributed by atoms with E-state index in [0.29, 0.717) is 23.6 Å². The Morgan fingerprint density at radius 1 is 1.34 bits per heavy atom. The maximum Gasteiger partial charge on any atom is 0.333 e. The molecular formula is C22H25FN4O4S. The Bertz CT molecular complexity index is 1150. The van der Waals surface area contributed by atoms with E-state index in [9.17, 15) is 18.8 Å². The summed E-state index contributed by atoms with van der Waals surface area (Å²) in [6.45, 7) is 4.25. The van der Waals surface area contributed by atoms with Gasteiger partial charge < -0.3 is 10.1 Å². The normalized spacial score (nSPS) is 17.8. The van der Waals surface area contributed by atoms with E-state index in [-0.39, 0.29) is 41.3 Å². The van der Waals surface area contributed by atoms with Gasteiger partial charge in [0.15, 0.2) is 0 Å². The fourth-order valence-electron chi connectivity index (χ4n) is 3.50. The van der Waals surface area contributed by atoms with Gasteiger partial charge in [-0.25, -0.2) is 9.18 Å². The Labute approximate surface area is 189 Å². The van der Waals surface area contributed by atoms with Crippen molar-refractivity contribution in [3.05, 3.63) is 67.7 Å². The number of rotatable bonds is 8. The fraction of sp³-hybridized carbons (Fsp3) is 0.455. The number of carbonyl (C=O) groups is 1. The highest BCUT2D eigenvalue weighted by molar-refractivity contribution is 7.99. The Balaban J connectivity index is 1.51. The molecule has 1 aliphatic rings. The second-order valence-corrected chi connectivity index (χ2v) is 8.84. The lowest BCUT2D eigenvalue weighted by Crippen LogP contribution is -2.42. The molecule has 0 radical (unpaired) electrons. The van der Waals surface area contributed by atoms with E-state index < -0.39 is 11.7 Å². The number of halogens is 1. The number of hydrogen-bond acceptors (Lipinski definition) is 6. The molecule has 32 heavy (non-hydrogen) atoms. The zero-order valence-corrected chi connectivity index (χ0v) is 18.8. The van der Waals surface area contributed by atoms with Crippen LogP contribution in [0.4, 0.5) is 4.39 Å². The van der Waals surface area contributed by atoms with Gasteiger partial charge in [-0.1, -0.05) is 0 Å². The molecule has 2 atom stereocenters. The summed E-state index contributed by atoms with van der Waals surface area (Å²) in [5, 5.41) is 11.6. The van der Waals surface area contributed by atoms with Crippen LogP contribution in [0.5, 0.6) is 0 Å². The number of nitrogens with zero attached hydrogens (tertiary/aromatic N) is 3. The third-order valence-electron chi connectivity index (χ3n) is 5.23. The maximum absolute atomic E-state index is 13.4. The molecule has 1 amide bonds. The molecule has 10 heteroatoms. The number of aryl methyl sites for hydroxylation is 1. The highest BCUT2D eigenvalue weighted by Gasteiger charge is 2.25. The number of amides is 1. The molecule has 1 N–H and O–H groups in total. The molecule has 1 aromatic carbocycles. The molecule has 8 nitrogen and oxygen atoms in total. The topological polar surface area (TPSA) is 106 Å². The molecule has 3 rings (SSSR count). The summed E-state index contributed by atoms with van der Waals surface area (Å²) in [6.07, 6.45) is 2.90. The van der Waals surface area contributed by atoms with Crippen LogP contribution in [0.1, 0.15) is 47.5 Å². The van der Waals surface area contributed by atoms with Gasteiger partial charge >= 0.3 is 5.69 Å². The number of ether oxygens (including phenoxy) is 1. The number of carbonyl (C=O) groups excluding carboxylic acids is 1. The summed E-state index contributed by atoms with van der Waals surface area (Å²) in [7, 11) is 0. The van der Waals surface area contributed by atoms with Gasteiger partial charge in [-0.2, -0.15) is 17.0 Å². The second-order valence-electron chi connectivity index (χ2n) is 7.61. The van der Waals surface area contributed by atoms with Gasteiger partial charge in [-0.3, -0.25) is 18.7 Å². The summed E-state index contributed by atoms with van der Waals surface area (Å²) in [4.78, 5) is 37.4. The van der Waals surface area contributed by atoms with Crippen LogP contribution in [0.3, 0.4) is 0 Å². The highest BCUT2D eigenvalue weighted by Crippen LogP contribution is 2.26. The molecule has 0 bridgehead atoms. The van der Waals surface area contributed by atoms with Crippen molar-refractivity contribution in [2.75, 3.05) is 18.1 Å². The van der Waals surface area contributed by atoms with Gasteiger partial charge in [0.2, 0.25) is 0 Å². The van der Waals surface area contributed by atoms with E-state index in [2.05, 4.69) is 5.32 Å². The summed E-state index contributed by atoms with van der Waals surface area (Å²) >= 11 is 1.49. The van der Waals surface area contributed by atoms with Crippen LogP contribution >= 0.6 is 11.8 Å². The Morgan fingerprint density at radius 2 is 2.12 bits per heavy atom. The van der Waals surface area contributed by atoms with E-state index in [0.717, 1.165) is 18.9 Å². The number of thioether (sulfide) groups is 1. The van der Waals surface area contributed by atoms with E-state index in [1.807, 2.05) is 6.92 Å². The summed E-state index contributed by atoms with van der Waals surface area (Å²) in [5.41, 5.74) is -0.169. The number of benzene rings is 1. The molecule has 0 unspecified atom stereocenters. The first kappa shape index (κ1) is 23.8. The van der Waals surface area contributed by atoms with Crippen molar-refractivity contribution in [1.29, 1.82) is 5.26 Å². The van der Waals surface area contributed by atoms with Crippen molar-refractivity contribution in [1.82, 2.24) is 14.5 Å². The number of aromatic nitrogens is 2. The molecule has 1 aliphatic heterocycles. The molecular weight excluding hydrogens is 435 g/mol. The lowest BCUT2D eigenvalue weighted by molar-refractivity contribution is 0.00694. The molecule has 0 aliphatic carbocycles. The monoisotopic (exact) mass is 460 g/mol. The Morgan fingerprint density at radius 3 is 2.81 bits per heavy atom. The highest BCUT2D eigenvalue weighted by atomic mass is 32.2. The second kappa shape index (κ2) is 10.6. The zero-order chi connectivity index (χ0) is 23.3. The maximum atomic E-state index is 13.4. The van der Waals surface area contributed by atoms with Crippen LogP contribution in [-0.2, 0) is 11.3 Å².